The van der Waals surface area contributed by atoms with E-state index in [1.165, 1.54) is 0 Å². The van der Waals surface area contributed by atoms with Gasteiger partial charge in [0.15, 0.2) is 17.3 Å². The van der Waals surface area contributed by atoms with Gasteiger partial charge in [0.05, 0.1) is 30.7 Å². The van der Waals surface area contributed by atoms with Crippen molar-refractivity contribution in [3.63, 3.8) is 0 Å². The second-order valence-electron chi connectivity index (χ2n) is 6.15. The number of carbonyl (C=O) groups is 1. The number of ether oxygens (including phenoxy) is 2. The number of hydrogen-bond acceptors (Lipinski definition) is 5. The smallest absolute Gasteiger partial charge is 0.253 e. The van der Waals surface area contributed by atoms with Crippen molar-refractivity contribution in [3.8, 4) is 34.3 Å². The molecule has 4 rings (SSSR count). The molecule has 0 unspecified atom stereocenters. The zero-order valence-electron chi connectivity index (χ0n) is 15.2. The standard InChI is InChI=1S/C20H20N4O3/c1-3-27-18-10-12(4-5-17(18)26-2)19-21-8-7-15(24-19)16-11-13-14(23-16)6-9-22-20(13)25/h4-5,7-8,10-11,23H,3,6,9H2,1-2H3,(H,22,25). The van der Waals surface area contributed by atoms with Crippen LogP contribution in [0.3, 0.4) is 0 Å². The zero-order valence-corrected chi connectivity index (χ0v) is 15.2. The molecule has 1 aliphatic rings. The van der Waals surface area contributed by atoms with Crippen LogP contribution < -0.4 is 14.8 Å². The lowest BCUT2D eigenvalue weighted by atomic mass is 10.1. The van der Waals surface area contributed by atoms with E-state index in [0.29, 0.717) is 36.0 Å². The summed E-state index contributed by atoms with van der Waals surface area (Å²) in [7, 11) is 1.61. The molecule has 1 aliphatic heterocycles. The maximum atomic E-state index is 12.0. The third kappa shape index (κ3) is 3.23. The van der Waals surface area contributed by atoms with Crippen LogP contribution in [0, 0.1) is 0 Å². The van der Waals surface area contributed by atoms with Gasteiger partial charge < -0.3 is 19.8 Å². The molecule has 1 aromatic carbocycles. The Kier molecular flexibility index (Phi) is 4.50. The fourth-order valence-corrected chi connectivity index (χ4v) is 3.16. The normalized spacial score (nSPS) is 13.0. The molecule has 3 aromatic rings. The van der Waals surface area contributed by atoms with E-state index in [1.54, 1.807) is 13.3 Å². The van der Waals surface area contributed by atoms with E-state index in [4.69, 9.17) is 9.47 Å². The van der Waals surface area contributed by atoms with Crippen molar-refractivity contribution in [2.24, 2.45) is 0 Å². The molecule has 7 nitrogen and oxygen atoms in total. The number of methoxy groups -OCH3 is 1. The Balaban J connectivity index is 1.71. The Labute approximate surface area is 156 Å². The van der Waals surface area contributed by atoms with Crippen molar-refractivity contribution in [2.45, 2.75) is 13.3 Å². The summed E-state index contributed by atoms with van der Waals surface area (Å²) in [5.41, 5.74) is 3.99. The number of nitrogens with zero attached hydrogens (tertiary/aromatic N) is 2. The Morgan fingerprint density at radius 1 is 1.19 bits per heavy atom. The maximum absolute atomic E-state index is 12.0. The summed E-state index contributed by atoms with van der Waals surface area (Å²) in [5, 5.41) is 2.85. The molecule has 27 heavy (non-hydrogen) atoms. The van der Waals surface area contributed by atoms with Gasteiger partial charge in [-0.2, -0.15) is 0 Å². The second kappa shape index (κ2) is 7.11. The Hall–Kier alpha value is -3.35. The van der Waals surface area contributed by atoms with Gasteiger partial charge in [-0.3, -0.25) is 4.79 Å². The molecule has 0 atom stereocenters. The highest BCUT2D eigenvalue weighted by Crippen LogP contribution is 2.32. The van der Waals surface area contributed by atoms with E-state index in [9.17, 15) is 4.79 Å². The molecule has 0 radical (unpaired) electrons. The van der Waals surface area contributed by atoms with Crippen LogP contribution >= 0.6 is 0 Å². The minimum absolute atomic E-state index is 0.0514. The van der Waals surface area contributed by atoms with E-state index in [2.05, 4.69) is 20.3 Å². The predicted octanol–water partition coefficient (Wildman–Crippen LogP) is 2.83. The Morgan fingerprint density at radius 3 is 2.85 bits per heavy atom. The molecule has 2 aromatic heterocycles. The van der Waals surface area contributed by atoms with Crippen molar-refractivity contribution in [3.05, 3.63) is 47.8 Å². The predicted molar refractivity (Wildman–Crippen MR) is 101 cm³/mol. The number of H-pyrrole nitrogens is 1. The van der Waals surface area contributed by atoms with Crippen LogP contribution in [0.15, 0.2) is 36.5 Å². The van der Waals surface area contributed by atoms with Crippen LogP contribution in [0.1, 0.15) is 23.0 Å². The van der Waals surface area contributed by atoms with E-state index >= 15 is 0 Å². The first-order valence-electron chi connectivity index (χ1n) is 8.84. The van der Waals surface area contributed by atoms with E-state index in [-0.39, 0.29) is 5.91 Å². The molecule has 0 saturated heterocycles. The summed E-state index contributed by atoms with van der Waals surface area (Å²) >= 11 is 0. The van der Waals surface area contributed by atoms with Crippen LogP contribution in [-0.4, -0.2) is 41.1 Å². The number of aromatic amines is 1. The van der Waals surface area contributed by atoms with Gasteiger partial charge in [0.25, 0.3) is 5.91 Å². The van der Waals surface area contributed by atoms with Gasteiger partial charge in [-0.1, -0.05) is 0 Å². The van der Waals surface area contributed by atoms with Gasteiger partial charge in [-0.05, 0) is 37.3 Å². The second-order valence-corrected chi connectivity index (χ2v) is 6.15. The lowest BCUT2D eigenvalue weighted by Crippen LogP contribution is -2.31. The Morgan fingerprint density at radius 2 is 2.07 bits per heavy atom. The lowest BCUT2D eigenvalue weighted by Gasteiger charge is -2.11. The molecule has 138 valence electrons. The highest BCUT2D eigenvalue weighted by Gasteiger charge is 2.20. The van der Waals surface area contributed by atoms with Gasteiger partial charge >= 0.3 is 0 Å². The quantitative estimate of drug-likeness (QED) is 0.727. The largest absolute Gasteiger partial charge is 0.493 e. The van der Waals surface area contributed by atoms with Gasteiger partial charge in [0.1, 0.15) is 0 Å². The van der Waals surface area contributed by atoms with E-state index in [1.807, 2.05) is 37.3 Å². The van der Waals surface area contributed by atoms with Crippen LogP contribution in [0.5, 0.6) is 11.5 Å². The molecule has 0 aliphatic carbocycles. The number of carbonyl (C=O) groups excluding carboxylic acids is 1. The van der Waals surface area contributed by atoms with Crippen LogP contribution in [0.2, 0.25) is 0 Å². The summed E-state index contributed by atoms with van der Waals surface area (Å²) < 4.78 is 11.0. The van der Waals surface area contributed by atoms with Crippen LogP contribution in [0.25, 0.3) is 22.8 Å². The number of fused-ring (bicyclic) bond motifs is 1. The van der Waals surface area contributed by atoms with Crippen molar-refractivity contribution in [1.29, 1.82) is 0 Å². The molecule has 1 amide bonds. The summed E-state index contributed by atoms with van der Waals surface area (Å²) in [4.78, 5) is 24.4. The molecule has 3 heterocycles. The SMILES string of the molecule is CCOc1cc(-c2nccc(-c3cc4c([nH]3)CCNC4=O)n2)ccc1OC. The molecular formula is C20H20N4O3. The van der Waals surface area contributed by atoms with Crippen LogP contribution in [0.4, 0.5) is 0 Å². The lowest BCUT2D eigenvalue weighted by molar-refractivity contribution is 0.0946. The van der Waals surface area contributed by atoms with Gasteiger partial charge in [-0.25, -0.2) is 9.97 Å². The zero-order chi connectivity index (χ0) is 18.8. The fourth-order valence-electron chi connectivity index (χ4n) is 3.16. The number of benzene rings is 1. The first-order chi connectivity index (χ1) is 13.2. The van der Waals surface area contributed by atoms with E-state index in [0.717, 1.165) is 29.1 Å². The first kappa shape index (κ1) is 17.1. The average Bonchev–Trinajstić information content (AvgIpc) is 3.14. The van der Waals surface area contributed by atoms with Crippen molar-refractivity contribution in [1.82, 2.24) is 20.3 Å². The summed E-state index contributed by atoms with van der Waals surface area (Å²) in [5.74, 6) is 1.84. The van der Waals surface area contributed by atoms with Gasteiger partial charge in [-0.15, -0.1) is 0 Å². The number of rotatable bonds is 5. The fraction of sp³-hybridized carbons (Fsp3) is 0.250. The average molecular weight is 364 g/mol. The number of amides is 1. The molecule has 0 saturated carbocycles. The van der Waals surface area contributed by atoms with Crippen LogP contribution in [-0.2, 0) is 6.42 Å². The topological polar surface area (TPSA) is 89.1 Å². The minimum Gasteiger partial charge on any atom is -0.493 e. The number of hydrogen-bond donors (Lipinski definition) is 2. The monoisotopic (exact) mass is 364 g/mol. The Bertz CT molecular complexity index is 997. The van der Waals surface area contributed by atoms with Crippen molar-refractivity contribution in [2.75, 3.05) is 20.3 Å². The van der Waals surface area contributed by atoms with Gasteiger partial charge in [0, 0.05) is 30.4 Å². The van der Waals surface area contributed by atoms with Gasteiger partial charge in [0.2, 0.25) is 0 Å². The highest BCUT2D eigenvalue weighted by molar-refractivity contribution is 5.97. The molecular weight excluding hydrogens is 344 g/mol. The number of nitrogens with one attached hydrogen (secondary N) is 2. The van der Waals surface area contributed by atoms with E-state index < -0.39 is 0 Å². The minimum atomic E-state index is -0.0514. The first-order valence-corrected chi connectivity index (χ1v) is 8.84. The summed E-state index contributed by atoms with van der Waals surface area (Å²) in [6.45, 7) is 3.11. The number of aromatic nitrogens is 3. The maximum Gasteiger partial charge on any atom is 0.253 e. The van der Waals surface area contributed by atoms with Crippen molar-refractivity contribution >= 4 is 5.91 Å². The van der Waals surface area contributed by atoms with Crippen molar-refractivity contribution < 1.29 is 14.3 Å². The molecule has 2 N–H and O–H groups in total. The highest BCUT2D eigenvalue weighted by atomic mass is 16.5. The molecule has 0 fully saturated rings. The molecule has 0 spiro atoms. The molecule has 7 heteroatoms. The summed E-state index contributed by atoms with van der Waals surface area (Å²) in [6, 6.07) is 9.28. The third-order valence-electron chi connectivity index (χ3n) is 4.46. The summed E-state index contributed by atoms with van der Waals surface area (Å²) in [6.07, 6.45) is 2.50. The third-order valence-corrected chi connectivity index (χ3v) is 4.46. The molecule has 0 bridgehead atoms.